The van der Waals surface area contributed by atoms with E-state index >= 15 is 0 Å². The Morgan fingerprint density at radius 3 is 2.79 bits per heavy atom. The third-order valence-electron chi connectivity index (χ3n) is 5.40. The standard InChI is InChI=1S/C20H18N8O9S2/c1-36-26-10(8-6-39-20(21)22-8)14(30)23-11-16(32)28-12(19(34)35)7(5-37-18(11)28)4-9(38)13-24-25-15(31)17(33)27(13)2-3-29/h3-4,6,11,18,38H,2,5H2,1H3,(H2,21,22)(H,23,30)(H,25,31)(H,34,35). The molecule has 0 spiro atoms. The minimum atomic E-state index is -1.49. The van der Waals surface area contributed by atoms with E-state index in [4.69, 9.17) is 10.5 Å². The number of aromatic amines is 1. The Kier molecular flexibility index (Phi) is 7.74. The number of thiol groups is 1. The molecule has 0 radical (unpaired) electrons. The molecule has 2 aromatic rings. The lowest BCUT2D eigenvalue weighted by Gasteiger charge is -2.49. The van der Waals surface area contributed by atoms with Crippen molar-refractivity contribution >= 4 is 63.8 Å². The molecule has 2 aliphatic rings. The van der Waals surface area contributed by atoms with E-state index in [1.54, 1.807) is 0 Å². The zero-order valence-electron chi connectivity index (χ0n) is 19.7. The number of carboxylic acids is 1. The van der Waals surface area contributed by atoms with Crippen molar-refractivity contribution in [3.05, 3.63) is 55.0 Å². The Balaban J connectivity index is 1.62. The molecule has 1 fully saturated rings. The molecule has 2 aromatic heterocycles. The smallest absolute Gasteiger partial charge is 0.353 e. The molecular weight excluding hydrogens is 560 g/mol. The highest BCUT2D eigenvalue weighted by atomic mass is 32.1. The number of nitrogens with one attached hydrogen (secondary N) is 2. The number of anilines is 1. The van der Waals surface area contributed by atoms with Crippen LogP contribution in [0.3, 0.4) is 0 Å². The second kappa shape index (κ2) is 11.0. The largest absolute Gasteiger partial charge is 0.477 e. The van der Waals surface area contributed by atoms with E-state index in [0.717, 1.165) is 20.8 Å². The topological polar surface area (TPSA) is 241 Å². The van der Waals surface area contributed by atoms with Crippen molar-refractivity contribution in [3.8, 4) is 0 Å². The molecule has 2 atom stereocenters. The van der Waals surface area contributed by atoms with Crippen molar-refractivity contribution < 1.29 is 33.9 Å². The first-order valence-corrected chi connectivity index (χ1v) is 12.0. The summed E-state index contributed by atoms with van der Waals surface area (Å²) < 4.78 is 6.39. The maximum Gasteiger partial charge on any atom is 0.353 e. The van der Waals surface area contributed by atoms with Gasteiger partial charge in [0.2, 0.25) is 0 Å². The number of H-pyrrole nitrogens is 1. The van der Waals surface area contributed by atoms with Crippen LogP contribution in [0.1, 0.15) is 11.5 Å². The van der Waals surface area contributed by atoms with Gasteiger partial charge in [-0.25, -0.2) is 14.9 Å². The number of nitrogens with zero attached hydrogens (tertiary/aromatic N) is 5. The van der Waals surface area contributed by atoms with Gasteiger partial charge in [-0.05, 0) is 6.08 Å². The van der Waals surface area contributed by atoms with Gasteiger partial charge in [0.1, 0.15) is 24.8 Å². The van der Waals surface area contributed by atoms with Gasteiger partial charge in [0.25, 0.3) is 11.8 Å². The summed E-state index contributed by atoms with van der Waals surface area (Å²) in [7, 11) is 1.21. The molecule has 204 valence electrons. The molecule has 2 unspecified atom stereocenters. The Morgan fingerprint density at radius 2 is 2.18 bits per heavy atom. The number of hydrogen-bond donors (Lipinski definition) is 5. The van der Waals surface area contributed by atoms with Gasteiger partial charge in [-0.2, -0.15) is 5.10 Å². The van der Waals surface area contributed by atoms with Crippen LogP contribution in [0.4, 0.5) is 5.13 Å². The van der Waals surface area contributed by atoms with Crippen LogP contribution in [0.15, 0.2) is 37.5 Å². The number of nitrogens with two attached hydrogens (primary N) is 1. The van der Waals surface area contributed by atoms with Gasteiger partial charge in [0.15, 0.2) is 28.9 Å². The van der Waals surface area contributed by atoms with Crippen LogP contribution in [-0.2, 0) is 35.3 Å². The fourth-order valence-corrected chi connectivity index (χ4v) is 4.63. The van der Waals surface area contributed by atoms with Gasteiger partial charge in [0.05, 0.1) is 13.2 Å². The Hall–Kier alpha value is -4.62. The Morgan fingerprint density at radius 1 is 1.44 bits per heavy atom. The maximum absolute atomic E-state index is 12.9. The van der Waals surface area contributed by atoms with E-state index in [0.29, 0.717) is 6.29 Å². The van der Waals surface area contributed by atoms with Gasteiger partial charge in [-0.3, -0.25) is 28.6 Å². The number of aromatic nitrogens is 4. The lowest BCUT2D eigenvalue weighted by Crippen LogP contribution is -2.73. The zero-order chi connectivity index (χ0) is 28.4. The summed E-state index contributed by atoms with van der Waals surface area (Å²) in [4.78, 5) is 82.0. The molecule has 17 nitrogen and oxygen atoms in total. The quantitative estimate of drug-likeness (QED) is 0.0518. The van der Waals surface area contributed by atoms with Crippen LogP contribution < -0.4 is 22.2 Å². The van der Waals surface area contributed by atoms with Gasteiger partial charge in [-0.1, -0.05) is 5.16 Å². The summed E-state index contributed by atoms with van der Waals surface area (Å²) in [5.74, 6) is -3.37. The van der Waals surface area contributed by atoms with Crippen molar-refractivity contribution in [2.75, 3.05) is 19.5 Å². The van der Waals surface area contributed by atoms with E-state index in [9.17, 15) is 33.9 Å². The molecule has 5 N–H and O–H groups in total. The van der Waals surface area contributed by atoms with Crippen LogP contribution in [-0.4, -0.2) is 85.5 Å². The summed E-state index contributed by atoms with van der Waals surface area (Å²) in [6.45, 7) is -0.865. The number of β-lactam (4-membered cyclic amide) rings is 1. The molecule has 0 bridgehead atoms. The highest BCUT2D eigenvalue weighted by Crippen LogP contribution is 2.34. The zero-order valence-corrected chi connectivity index (χ0v) is 21.4. The van der Waals surface area contributed by atoms with Crippen LogP contribution >= 0.6 is 24.0 Å². The molecule has 0 aromatic carbocycles. The van der Waals surface area contributed by atoms with E-state index in [-0.39, 0.29) is 39.4 Å². The Bertz CT molecular complexity index is 1590. The highest BCUT2D eigenvalue weighted by molar-refractivity contribution is 7.90. The fourth-order valence-electron chi connectivity index (χ4n) is 3.76. The van der Waals surface area contributed by atoms with Crippen molar-refractivity contribution in [2.24, 2.45) is 5.16 Å². The number of hydrogen-bond acceptors (Lipinski definition) is 14. The molecule has 2 aliphatic heterocycles. The second-order valence-corrected chi connectivity index (χ2v) is 9.09. The molecule has 1 saturated heterocycles. The second-order valence-electron chi connectivity index (χ2n) is 7.72. The number of carboxylic acid groups (broad SMARTS) is 1. The van der Waals surface area contributed by atoms with Gasteiger partial charge >= 0.3 is 17.1 Å². The first-order chi connectivity index (χ1) is 18.6. The summed E-state index contributed by atoms with van der Waals surface area (Å²) in [6, 6.07) is -1.26. The number of thiazole rings is 1. The minimum absolute atomic E-state index is 0.0421. The molecule has 39 heavy (non-hydrogen) atoms. The van der Waals surface area contributed by atoms with Crippen LogP contribution in [0.25, 0.3) is 4.91 Å². The number of fused-ring (bicyclic) bond motifs is 1. The number of ether oxygens (including phenoxy) is 1. The van der Waals surface area contributed by atoms with Crippen molar-refractivity contribution in [2.45, 2.75) is 18.8 Å². The summed E-state index contributed by atoms with van der Waals surface area (Å²) in [5.41, 5.74) is 2.78. The number of aliphatic carboxylic acids is 1. The molecule has 0 saturated carbocycles. The monoisotopic (exact) mass is 578 g/mol. The predicted octanol–water partition coefficient (Wildman–Crippen LogP) is -2.49. The molecule has 4 rings (SSSR count). The van der Waals surface area contributed by atoms with Gasteiger partial charge < -0.3 is 30.5 Å². The van der Waals surface area contributed by atoms with Crippen LogP contribution in [0.5, 0.6) is 0 Å². The van der Waals surface area contributed by atoms with Crippen LogP contribution in [0.2, 0.25) is 0 Å². The summed E-state index contributed by atoms with van der Waals surface area (Å²) in [6.07, 6.45) is 0.360. The third-order valence-corrected chi connectivity index (χ3v) is 6.41. The van der Waals surface area contributed by atoms with Crippen LogP contribution in [0, 0.1) is 0 Å². The SMILES string of the molecule is CON=C(C(=O)NC1C(=O)N2C(C(=O)O)=C(C=C(S)c3n[nH]c(=O)c(=O)n3CC=O)COC12)c1csc(N)n1. The summed E-state index contributed by atoms with van der Waals surface area (Å²) in [5, 5.41) is 23.2. The lowest BCUT2D eigenvalue weighted by atomic mass is 9.98. The first kappa shape index (κ1) is 27.4. The van der Waals surface area contributed by atoms with E-state index in [2.05, 4.69) is 38.0 Å². The molecule has 0 aliphatic carbocycles. The number of amides is 2. The Labute approximate surface area is 226 Å². The van der Waals surface area contributed by atoms with E-state index in [1.807, 2.05) is 5.10 Å². The van der Waals surface area contributed by atoms with Gasteiger partial charge in [-0.15, -0.1) is 24.0 Å². The number of carbonyl (C=O) groups excluding carboxylic acids is 3. The number of carbonyl (C=O) groups is 4. The molecular formula is C20H18N8O9S2. The molecule has 2 amide bonds. The molecule has 4 heterocycles. The van der Waals surface area contributed by atoms with Gasteiger partial charge in [0, 0.05) is 15.9 Å². The first-order valence-electron chi connectivity index (χ1n) is 10.7. The van der Waals surface area contributed by atoms with Crippen molar-refractivity contribution in [1.82, 2.24) is 30.0 Å². The summed E-state index contributed by atoms with van der Waals surface area (Å²) >= 11 is 5.29. The number of aldehydes is 1. The highest BCUT2D eigenvalue weighted by Gasteiger charge is 2.55. The lowest BCUT2D eigenvalue weighted by molar-refractivity contribution is -0.184. The predicted molar refractivity (Wildman–Crippen MR) is 135 cm³/mol. The normalized spacial score (nSPS) is 19.3. The third kappa shape index (κ3) is 5.09. The molecule has 19 heteroatoms. The van der Waals surface area contributed by atoms with E-state index in [1.165, 1.54) is 18.6 Å². The number of rotatable bonds is 9. The number of nitrogen functional groups attached to an aromatic ring is 1. The average Bonchev–Trinajstić information content (AvgIpc) is 3.33. The van der Waals surface area contributed by atoms with E-state index < -0.39 is 53.4 Å². The average molecular weight is 579 g/mol. The fraction of sp³-hybridized carbons (Fsp3) is 0.250. The number of oxime groups is 1. The minimum Gasteiger partial charge on any atom is -0.477 e. The maximum atomic E-state index is 12.9. The van der Waals surface area contributed by atoms with Crippen molar-refractivity contribution in [3.63, 3.8) is 0 Å². The van der Waals surface area contributed by atoms with Crippen molar-refractivity contribution in [1.29, 1.82) is 0 Å².